The first-order valence-electron chi connectivity index (χ1n) is 2.27. The van der Waals surface area contributed by atoms with Gasteiger partial charge in [-0.25, -0.2) is 4.79 Å². The number of esters is 1. The van der Waals surface area contributed by atoms with Gasteiger partial charge < -0.3 is 9.84 Å². The normalized spacial score (nSPS) is 12.2. The molecule has 0 aromatic heterocycles. The molecule has 0 aliphatic rings. The molecular weight excluding hydrogens is 124 g/mol. The Bertz CT molecular complexity index is 129. The standard InChI is InChI=1S/C5H7O4/c1-3(5(7)8)9-4(2)6/h3H,1H2,2H3,(H,7,8). The molecule has 0 saturated heterocycles. The molecule has 0 aliphatic carbocycles. The fraction of sp³-hybridized carbons (Fsp3) is 0.400. The quantitative estimate of drug-likeness (QED) is 0.529. The average Bonchev–Trinajstić information content (AvgIpc) is 1.63. The summed E-state index contributed by atoms with van der Waals surface area (Å²) in [6, 6.07) is 0. The van der Waals surface area contributed by atoms with E-state index in [4.69, 9.17) is 5.11 Å². The van der Waals surface area contributed by atoms with Crippen molar-refractivity contribution in [3.8, 4) is 0 Å². The molecule has 0 fully saturated rings. The van der Waals surface area contributed by atoms with Gasteiger partial charge >= 0.3 is 11.9 Å². The van der Waals surface area contributed by atoms with Crippen molar-refractivity contribution in [3.05, 3.63) is 6.92 Å². The molecule has 0 aliphatic heterocycles. The van der Waals surface area contributed by atoms with Crippen molar-refractivity contribution in [3.63, 3.8) is 0 Å². The number of hydrogen-bond donors (Lipinski definition) is 1. The van der Waals surface area contributed by atoms with E-state index in [0.717, 1.165) is 6.92 Å². The zero-order chi connectivity index (χ0) is 7.44. The lowest BCUT2D eigenvalue weighted by atomic mass is 10.4. The van der Waals surface area contributed by atoms with Crippen LogP contribution in [0, 0.1) is 6.92 Å². The van der Waals surface area contributed by atoms with Gasteiger partial charge in [0.15, 0.2) is 6.10 Å². The number of carboxylic acid groups (broad SMARTS) is 1. The van der Waals surface area contributed by atoms with Gasteiger partial charge in [-0.1, -0.05) is 0 Å². The number of ether oxygens (including phenoxy) is 1. The van der Waals surface area contributed by atoms with E-state index in [1.807, 2.05) is 0 Å². The van der Waals surface area contributed by atoms with Gasteiger partial charge in [0.25, 0.3) is 0 Å². The van der Waals surface area contributed by atoms with E-state index >= 15 is 0 Å². The third-order valence-electron chi connectivity index (χ3n) is 0.584. The van der Waals surface area contributed by atoms with Crippen LogP contribution in [0.1, 0.15) is 6.92 Å². The van der Waals surface area contributed by atoms with Crippen molar-refractivity contribution in [1.29, 1.82) is 0 Å². The van der Waals surface area contributed by atoms with Crippen LogP contribution in [-0.2, 0) is 14.3 Å². The highest BCUT2D eigenvalue weighted by Gasteiger charge is 2.12. The Balaban J connectivity index is 3.63. The maximum absolute atomic E-state index is 10.0. The third-order valence-corrected chi connectivity index (χ3v) is 0.584. The predicted molar refractivity (Wildman–Crippen MR) is 28.5 cm³/mol. The molecule has 1 N–H and O–H groups in total. The van der Waals surface area contributed by atoms with Crippen molar-refractivity contribution in [2.45, 2.75) is 13.0 Å². The van der Waals surface area contributed by atoms with Gasteiger partial charge in [0.05, 0.1) is 0 Å². The summed E-state index contributed by atoms with van der Waals surface area (Å²) in [5.74, 6) is -1.89. The molecule has 51 valence electrons. The number of hydrogen-bond acceptors (Lipinski definition) is 3. The molecule has 0 bridgehead atoms. The summed E-state index contributed by atoms with van der Waals surface area (Å²) in [6.45, 7) is 4.16. The Morgan fingerprint density at radius 2 is 2.11 bits per heavy atom. The van der Waals surface area contributed by atoms with Crippen LogP contribution in [0.25, 0.3) is 0 Å². The summed E-state index contributed by atoms with van der Waals surface area (Å²) in [5.41, 5.74) is 0. The maximum atomic E-state index is 10.0. The van der Waals surface area contributed by atoms with Crippen molar-refractivity contribution in [2.24, 2.45) is 0 Å². The lowest BCUT2D eigenvalue weighted by Crippen LogP contribution is -2.22. The Labute approximate surface area is 52.4 Å². The van der Waals surface area contributed by atoms with E-state index in [1.165, 1.54) is 0 Å². The summed E-state index contributed by atoms with van der Waals surface area (Å²) in [7, 11) is 0. The Morgan fingerprint density at radius 3 is 2.22 bits per heavy atom. The molecule has 4 heteroatoms. The molecule has 1 radical (unpaired) electrons. The molecule has 1 atom stereocenters. The fourth-order valence-corrected chi connectivity index (χ4v) is 0.251. The van der Waals surface area contributed by atoms with Gasteiger partial charge in [-0.2, -0.15) is 0 Å². The number of carbonyl (C=O) groups excluding carboxylic acids is 1. The molecule has 0 amide bonds. The SMILES string of the molecule is [CH2]C(OC(C)=O)C(=O)O. The summed E-state index contributed by atoms with van der Waals surface area (Å²) < 4.78 is 4.16. The van der Waals surface area contributed by atoms with Gasteiger partial charge in [0.1, 0.15) is 0 Å². The minimum atomic E-state index is -1.29. The average molecular weight is 131 g/mol. The molecule has 0 heterocycles. The first-order chi connectivity index (χ1) is 4.04. The summed E-state index contributed by atoms with van der Waals surface area (Å²) in [4.78, 5) is 19.9. The number of carboxylic acids is 1. The van der Waals surface area contributed by atoms with E-state index in [0.29, 0.717) is 0 Å². The minimum Gasteiger partial charge on any atom is -0.479 e. The Morgan fingerprint density at radius 1 is 1.67 bits per heavy atom. The van der Waals surface area contributed by atoms with E-state index in [2.05, 4.69) is 11.7 Å². The first-order valence-corrected chi connectivity index (χ1v) is 2.27. The van der Waals surface area contributed by atoms with Gasteiger partial charge in [-0.05, 0) is 6.92 Å². The second-order valence-corrected chi connectivity index (χ2v) is 1.44. The molecule has 0 spiro atoms. The summed E-state index contributed by atoms with van der Waals surface area (Å²) in [5, 5.41) is 8.09. The molecule has 0 aromatic rings. The maximum Gasteiger partial charge on any atom is 0.345 e. The largest absolute Gasteiger partial charge is 0.479 e. The topological polar surface area (TPSA) is 63.6 Å². The van der Waals surface area contributed by atoms with E-state index in [-0.39, 0.29) is 0 Å². The summed E-state index contributed by atoms with van der Waals surface area (Å²) in [6.07, 6.45) is -1.29. The first kappa shape index (κ1) is 7.94. The Kier molecular flexibility index (Phi) is 2.70. The van der Waals surface area contributed by atoms with E-state index < -0.39 is 18.0 Å². The van der Waals surface area contributed by atoms with E-state index in [1.54, 1.807) is 0 Å². The monoisotopic (exact) mass is 131 g/mol. The second kappa shape index (κ2) is 3.06. The van der Waals surface area contributed by atoms with Crippen molar-refractivity contribution in [2.75, 3.05) is 0 Å². The number of aliphatic carboxylic acids is 1. The van der Waals surface area contributed by atoms with Crippen molar-refractivity contribution in [1.82, 2.24) is 0 Å². The zero-order valence-electron chi connectivity index (χ0n) is 4.96. The van der Waals surface area contributed by atoms with Crippen LogP contribution in [0.2, 0.25) is 0 Å². The highest BCUT2D eigenvalue weighted by Crippen LogP contribution is 1.88. The molecule has 0 saturated carbocycles. The van der Waals surface area contributed by atoms with Crippen LogP contribution in [0.5, 0.6) is 0 Å². The number of rotatable bonds is 2. The molecule has 0 rings (SSSR count). The molecule has 4 nitrogen and oxygen atoms in total. The lowest BCUT2D eigenvalue weighted by molar-refractivity contribution is -0.159. The molecule has 0 aromatic carbocycles. The van der Waals surface area contributed by atoms with Crippen LogP contribution in [0.3, 0.4) is 0 Å². The molecule has 1 unspecified atom stereocenters. The molecular formula is C5H7O4. The van der Waals surface area contributed by atoms with E-state index in [9.17, 15) is 9.59 Å². The van der Waals surface area contributed by atoms with Crippen LogP contribution < -0.4 is 0 Å². The zero-order valence-corrected chi connectivity index (χ0v) is 4.96. The van der Waals surface area contributed by atoms with Crippen molar-refractivity contribution < 1.29 is 19.4 Å². The highest BCUT2D eigenvalue weighted by molar-refractivity contribution is 5.77. The van der Waals surface area contributed by atoms with Crippen LogP contribution >= 0.6 is 0 Å². The van der Waals surface area contributed by atoms with Gasteiger partial charge in [0, 0.05) is 6.92 Å². The molecule has 9 heavy (non-hydrogen) atoms. The summed E-state index contributed by atoms with van der Waals surface area (Å²) >= 11 is 0. The van der Waals surface area contributed by atoms with Gasteiger partial charge in [0.2, 0.25) is 0 Å². The highest BCUT2D eigenvalue weighted by atomic mass is 16.6. The van der Waals surface area contributed by atoms with Gasteiger partial charge in [-0.3, -0.25) is 4.79 Å². The van der Waals surface area contributed by atoms with Crippen LogP contribution in [0.4, 0.5) is 0 Å². The predicted octanol–water partition coefficient (Wildman–Crippen LogP) is -0.163. The van der Waals surface area contributed by atoms with Crippen molar-refractivity contribution >= 4 is 11.9 Å². The lowest BCUT2D eigenvalue weighted by Gasteiger charge is -2.03. The smallest absolute Gasteiger partial charge is 0.345 e. The van der Waals surface area contributed by atoms with Gasteiger partial charge in [-0.15, -0.1) is 0 Å². The number of carbonyl (C=O) groups is 2. The second-order valence-electron chi connectivity index (χ2n) is 1.44. The van der Waals surface area contributed by atoms with Crippen LogP contribution in [-0.4, -0.2) is 23.1 Å². The Hall–Kier alpha value is -1.06. The third kappa shape index (κ3) is 3.52. The minimum absolute atomic E-state index is 0.641. The fourth-order valence-electron chi connectivity index (χ4n) is 0.251. The van der Waals surface area contributed by atoms with Crippen LogP contribution in [0.15, 0.2) is 0 Å².